The van der Waals surface area contributed by atoms with Crippen LogP contribution < -0.4 is 29.2 Å². The van der Waals surface area contributed by atoms with Gasteiger partial charge >= 0.3 is 0 Å². The van der Waals surface area contributed by atoms with Gasteiger partial charge in [-0.2, -0.15) is 4.98 Å². The van der Waals surface area contributed by atoms with E-state index in [1.807, 2.05) is 43.5 Å². The molecule has 2 aromatic heterocycles. The molecule has 12 nitrogen and oxygen atoms in total. The number of aryl methyl sites for hydroxylation is 1. The van der Waals surface area contributed by atoms with Crippen LogP contribution in [0.25, 0.3) is 5.95 Å². The molecule has 1 saturated heterocycles. The Kier molecular flexibility index (Phi) is 7.42. The maximum Gasteiger partial charge on any atom is 0.237 e. The molecule has 0 aliphatic carbocycles. The molecule has 0 radical (unpaired) electrons. The Hall–Kier alpha value is -4.84. The Morgan fingerprint density at radius 2 is 1.70 bits per heavy atom. The second kappa shape index (κ2) is 11.8. The fraction of sp³-hybridized carbons (Fsp3) is 0.355. The Morgan fingerprint density at radius 1 is 0.930 bits per heavy atom. The molecule has 43 heavy (non-hydrogen) atoms. The number of fused-ring (bicyclic) bond motifs is 2. The van der Waals surface area contributed by atoms with E-state index in [-0.39, 0.29) is 18.7 Å². The smallest absolute Gasteiger partial charge is 0.237 e. The number of anilines is 1. The van der Waals surface area contributed by atoms with Crippen molar-refractivity contribution in [3.63, 3.8) is 0 Å². The van der Waals surface area contributed by atoms with Crippen molar-refractivity contribution in [2.75, 3.05) is 44.5 Å². The topological polar surface area (TPSA) is 116 Å². The van der Waals surface area contributed by atoms with Gasteiger partial charge in [-0.05, 0) is 42.3 Å². The molecule has 3 aliphatic rings. The predicted octanol–water partition coefficient (Wildman–Crippen LogP) is 2.87. The minimum Gasteiger partial charge on any atom is -0.486 e. The second-order valence-electron chi connectivity index (χ2n) is 10.9. The first-order valence-electron chi connectivity index (χ1n) is 14.4. The van der Waals surface area contributed by atoms with Crippen molar-refractivity contribution >= 4 is 11.7 Å². The Labute approximate surface area is 249 Å². The summed E-state index contributed by atoms with van der Waals surface area (Å²) < 4.78 is 24.2. The Morgan fingerprint density at radius 3 is 2.56 bits per heavy atom. The van der Waals surface area contributed by atoms with Crippen LogP contribution in [0.5, 0.6) is 23.0 Å². The van der Waals surface area contributed by atoms with Crippen molar-refractivity contribution in [1.29, 1.82) is 0 Å². The quantitative estimate of drug-likeness (QED) is 0.332. The lowest BCUT2D eigenvalue weighted by Gasteiger charge is -2.42. The zero-order valence-corrected chi connectivity index (χ0v) is 23.9. The summed E-state index contributed by atoms with van der Waals surface area (Å²) in [6, 6.07) is 13.7. The van der Waals surface area contributed by atoms with Crippen molar-refractivity contribution in [1.82, 2.24) is 29.7 Å². The van der Waals surface area contributed by atoms with E-state index in [1.54, 1.807) is 17.1 Å². The molecule has 3 aliphatic heterocycles. The van der Waals surface area contributed by atoms with E-state index >= 15 is 0 Å². The number of benzene rings is 2. The highest BCUT2D eigenvalue weighted by Crippen LogP contribution is 2.33. The van der Waals surface area contributed by atoms with Gasteiger partial charge in [0, 0.05) is 63.3 Å². The molecule has 5 heterocycles. The van der Waals surface area contributed by atoms with Crippen molar-refractivity contribution in [2.24, 2.45) is 0 Å². The third-order valence-electron chi connectivity index (χ3n) is 7.79. The lowest BCUT2D eigenvalue weighted by atomic mass is 10.1. The average Bonchev–Trinajstić information content (AvgIpc) is 3.73. The summed E-state index contributed by atoms with van der Waals surface area (Å²) in [6.07, 6.45) is 5.52. The van der Waals surface area contributed by atoms with Gasteiger partial charge in [-0.1, -0.05) is 12.1 Å². The molecule has 12 heteroatoms. The fourth-order valence-electron chi connectivity index (χ4n) is 5.70. The van der Waals surface area contributed by atoms with E-state index in [9.17, 15) is 4.79 Å². The number of aromatic nitrogens is 4. The highest BCUT2D eigenvalue weighted by molar-refractivity contribution is 5.77. The largest absolute Gasteiger partial charge is 0.486 e. The van der Waals surface area contributed by atoms with Crippen LogP contribution in [-0.4, -0.2) is 76.0 Å². The highest BCUT2D eigenvalue weighted by atomic mass is 16.7. The van der Waals surface area contributed by atoms with Gasteiger partial charge in [-0.15, -0.1) is 0 Å². The summed E-state index contributed by atoms with van der Waals surface area (Å²) in [5, 5.41) is 3.10. The second-order valence-corrected chi connectivity index (χ2v) is 10.9. The molecule has 2 aromatic carbocycles. The number of nitrogens with one attached hydrogen (secondary N) is 1. The lowest BCUT2D eigenvalue weighted by Crippen LogP contribution is -2.54. The number of carbonyl (C=O) groups is 1. The number of hydrogen-bond acceptors (Lipinski definition) is 10. The van der Waals surface area contributed by atoms with E-state index in [2.05, 4.69) is 37.2 Å². The van der Waals surface area contributed by atoms with Crippen molar-refractivity contribution < 1.29 is 23.7 Å². The van der Waals surface area contributed by atoms with Crippen LogP contribution in [0, 0.1) is 6.92 Å². The summed E-state index contributed by atoms with van der Waals surface area (Å²) in [6.45, 7) is 6.65. The monoisotopic (exact) mass is 583 g/mol. The van der Waals surface area contributed by atoms with E-state index in [4.69, 9.17) is 23.9 Å². The zero-order chi connectivity index (χ0) is 29.2. The number of piperazine rings is 1. The maximum atomic E-state index is 13.4. The SMILES string of the molecule is Cc1cc(N2CCN(Cc3ccc4c(c3)OCCO4)CC2CC(=O)NCc2ccc3c(c2)OCO3)nc(-n2ccnc2)n1. The molecule has 4 aromatic rings. The maximum absolute atomic E-state index is 13.4. The minimum atomic E-state index is -0.104. The zero-order valence-electron chi connectivity index (χ0n) is 23.9. The summed E-state index contributed by atoms with van der Waals surface area (Å²) >= 11 is 0. The first kappa shape index (κ1) is 27.0. The normalized spacial score (nSPS) is 17.6. The Bertz CT molecular complexity index is 1610. The molecule has 1 unspecified atom stereocenters. The predicted molar refractivity (Wildman–Crippen MR) is 157 cm³/mol. The number of hydrogen-bond donors (Lipinski definition) is 1. The number of nitrogens with zero attached hydrogens (tertiary/aromatic N) is 6. The van der Waals surface area contributed by atoms with Crippen LogP contribution >= 0.6 is 0 Å². The lowest BCUT2D eigenvalue weighted by molar-refractivity contribution is -0.121. The van der Waals surface area contributed by atoms with Crippen LogP contribution in [0.2, 0.25) is 0 Å². The molecule has 7 rings (SSSR count). The number of rotatable bonds is 8. The van der Waals surface area contributed by atoms with E-state index < -0.39 is 0 Å². The van der Waals surface area contributed by atoms with Crippen molar-refractivity contribution in [3.8, 4) is 28.9 Å². The molecular formula is C31H33N7O5. The number of ether oxygens (including phenoxy) is 4. The van der Waals surface area contributed by atoms with Crippen LogP contribution in [0.1, 0.15) is 23.2 Å². The van der Waals surface area contributed by atoms with Crippen LogP contribution in [-0.2, 0) is 17.9 Å². The van der Waals surface area contributed by atoms with Gasteiger partial charge in [-0.25, -0.2) is 9.97 Å². The van der Waals surface area contributed by atoms with Gasteiger partial charge in [0.2, 0.25) is 18.6 Å². The average molecular weight is 584 g/mol. The standard InChI is InChI=1S/C31H33N7O5/c1-21-12-29(35-31(34-21)37-7-6-32-19-37)38-9-8-36(17-23-3-5-25-27(14-23)41-11-10-40-25)18-24(38)15-30(39)33-16-22-2-4-26-28(13-22)43-20-42-26/h2-7,12-14,19,24H,8-11,15-18,20H2,1H3,(H,33,39). The van der Waals surface area contributed by atoms with Gasteiger partial charge < -0.3 is 29.2 Å². The molecular weight excluding hydrogens is 550 g/mol. The summed E-state index contributed by atoms with van der Waals surface area (Å²) in [5.74, 6) is 4.31. The molecule has 1 fully saturated rings. The highest BCUT2D eigenvalue weighted by Gasteiger charge is 2.31. The number of carbonyl (C=O) groups excluding carboxylic acids is 1. The molecule has 1 N–H and O–H groups in total. The first-order valence-corrected chi connectivity index (χ1v) is 14.4. The summed E-state index contributed by atoms with van der Waals surface area (Å²) in [7, 11) is 0. The van der Waals surface area contributed by atoms with E-state index in [0.29, 0.717) is 51.0 Å². The van der Waals surface area contributed by atoms with Gasteiger partial charge in [0.25, 0.3) is 0 Å². The molecule has 0 spiro atoms. The molecule has 1 atom stereocenters. The number of amides is 1. The third kappa shape index (κ3) is 6.05. The van der Waals surface area contributed by atoms with Crippen LogP contribution in [0.4, 0.5) is 5.82 Å². The number of imidazole rings is 1. The first-order chi connectivity index (χ1) is 21.1. The molecule has 1 amide bonds. The van der Waals surface area contributed by atoms with Crippen molar-refractivity contribution in [2.45, 2.75) is 32.5 Å². The van der Waals surface area contributed by atoms with Gasteiger partial charge in [0.15, 0.2) is 23.0 Å². The van der Waals surface area contributed by atoms with Gasteiger partial charge in [-0.3, -0.25) is 14.3 Å². The van der Waals surface area contributed by atoms with Gasteiger partial charge in [0.05, 0.1) is 6.04 Å². The third-order valence-corrected chi connectivity index (χ3v) is 7.79. The minimum absolute atomic E-state index is 0.0329. The van der Waals surface area contributed by atoms with Crippen molar-refractivity contribution in [3.05, 3.63) is 78.0 Å². The Balaban J connectivity index is 1.09. The van der Waals surface area contributed by atoms with Gasteiger partial charge in [0.1, 0.15) is 25.4 Å². The van der Waals surface area contributed by atoms with Crippen LogP contribution in [0.3, 0.4) is 0 Å². The molecule has 0 saturated carbocycles. The van der Waals surface area contributed by atoms with Crippen LogP contribution in [0.15, 0.2) is 61.2 Å². The molecule has 222 valence electrons. The summed E-state index contributed by atoms with van der Waals surface area (Å²) in [5.41, 5.74) is 2.94. The fourth-order valence-corrected chi connectivity index (χ4v) is 5.70. The molecule has 0 bridgehead atoms. The van der Waals surface area contributed by atoms with E-state index in [1.165, 1.54) is 0 Å². The van der Waals surface area contributed by atoms with E-state index in [0.717, 1.165) is 53.0 Å². The summed E-state index contributed by atoms with van der Waals surface area (Å²) in [4.78, 5) is 31.6.